The van der Waals surface area contributed by atoms with Crippen molar-refractivity contribution in [2.45, 2.75) is 25.3 Å². The molecule has 1 aromatic rings. The molecule has 5 nitrogen and oxygen atoms in total. The third-order valence-electron chi connectivity index (χ3n) is 3.04. The molecule has 0 aliphatic rings. The first-order valence-corrected chi connectivity index (χ1v) is 8.17. The van der Waals surface area contributed by atoms with Crippen LogP contribution in [0.3, 0.4) is 0 Å². The third-order valence-corrected chi connectivity index (χ3v) is 3.68. The normalized spacial score (nSPS) is 11.2. The summed E-state index contributed by atoms with van der Waals surface area (Å²) < 4.78 is 4.60. The lowest BCUT2D eigenvalue weighted by Crippen LogP contribution is -2.36. The summed E-state index contributed by atoms with van der Waals surface area (Å²) in [5, 5.41) is 2.79. The van der Waals surface area contributed by atoms with Gasteiger partial charge in [0.1, 0.15) is 0 Å². The van der Waals surface area contributed by atoms with E-state index in [1.807, 2.05) is 30.5 Å². The summed E-state index contributed by atoms with van der Waals surface area (Å²) in [6.07, 6.45) is 3.61. The molecule has 0 radical (unpaired) electrons. The second kappa shape index (κ2) is 11.3. The van der Waals surface area contributed by atoms with E-state index in [9.17, 15) is 9.59 Å². The Morgan fingerprint density at radius 1 is 1.32 bits per heavy atom. The van der Waals surface area contributed by atoms with Gasteiger partial charge in [0.25, 0.3) is 0 Å². The molecule has 1 atom stereocenters. The minimum atomic E-state index is -0.489. The highest BCUT2D eigenvalue weighted by atomic mass is 35.5. The average molecular weight is 347 g/mol. The topological polar surface area (TPSA) is 81.4 Å². The first-order valence-electron chi connectivity index (χ1n) is 6.78. The van der Waals surface area contributed by atoms with Crippen LogP contribution in [0.15, 0.2) is 24.3 Å². The summed E-state index contributed by atoms with van der Waals surface area (Å²) in [4.78, 5) is 22.9. The lowest BCUT2D eigenvalue weighted by molar-refractivity contribution is -0.140. The molecular formula is C15H23ClN2O3S. The number of nitrogens with two attached hydrogens (primary N) is 1. The van der Waals surface area contributed by atoms with Crippen molar-refractivity contribution >= 4 is 41.7 Å². The Balaban J connectivity index is 0.00000441. The van der Waals surface area contributed by atoms with Gasteiger partial charge in [0.15, 0.2) is 0 Å². The van der Waals surface area contributed by atoms with Gasteiger partial charge in [-0.25, -0.2) is 0 Å². The molecule has 0 spiro atoms. The Morgan fingerprint density at radius 3 is 2.50 bits per heavy atom. The van der Waals surface area contributed by atoms with Crippen LogP contribution in [0.1, 0.15) is 18.4 Å². The Labute approximate surface area is 141 Å². The van der Waals surface area contributed by atoms with Crippen molar-refractivity contribution in [3.05, 3.63) is 29.8 Å². The molecule has 0 heterocycles. The fourth-order valence-electron chi connectivity index (χ4n) is 1.71. The molecule has 1 amide bonds. The molecule has 0 unspecified atom stereocenters. The monoisotopic (exact) mass is 346 g/mol. The first kappa shape index (κ1) is 20.8. The van der Waals surface area contributed by atoms with Gasteiger partial charge >= 0.3 is 5.97 Å². The van der Waals surface area contributed by atoms with Crippen LogP contribution in [-0.4, -0.2) is 37.0 Å². The van der Waals surface area contributed by atoms with Crippen molar-refractivity contribution in [3.63, 3.8) is 0 Å². The van der Waals surface area contributed by atoms with Gasteiger partial charge in [-0.3, -0.25) is 9.59 Å². The zero-order valence-corrected chi connectivity index (χ0v) is 14.5. The number of anilines is 1. The minimum Gasteiger partial charge on any atom is -0.469 e. The zero-order chi connectivity index (χ0) is 15.7. The molecule has 0 aromatic heterocycles. The Kier molecular flexibility index (Phi) is 10.7. The summed E-state index contributed by atoms with van der Waals surface area (Å²) in [5.41, 5.74) is 7.53. The van der Waals surface area contributed by atoms with Crippen LogP contribution >= 0.6 is 24.2 Å². The molecule has 7 heteroatoms. The van der Waals surface area contributed by atoms with Crippen molar-refractivity contribution < 1.29 is 14.3 Å². The van der Waals surface area contributed by atoms with E-state index in [2.05, 4.69) is 10.1 Å². The summed E-state index contributed by atoms with van der Waals surface area (Å²) in [5.74, 6) is 0.458. The molecule has 1 aromatic carbocycles. The van der Waals surface area contributed by atoms with Crippen molar-refractivity contribution in [3.8, 4) is 0 Å². The number of hydrogen-bond donors (Lipinski definition) is 2. The summed E-state index contributed by atoms with van der Waals surface area (Å²) in [6, 6.07) is 6.90. The molecular weight excluding hydrogens is 324 g/mol. The lowest BCUT2D eigenvalue weighted by Gasteiger charge is -2.12. The fourth-order valence-corrected chi connectivity index (χ4v) is 2.20. The van der Waals surface area contributed by atoms with E-state index >= 15 is 0 Å². The van der Waals surface area contributed by atoms with Crippen LogP contribution in [0.5, 0.6) is 0 Å². The average Bonchev–Trinajstić information content (AvgIpc) is 2.51. The summed E-state index contributed by atoms with van der Waals surface area (Å²) >= 11 is 1.67. The smallest absolute Gasteiger partial charge is 0.305 e. The molecule has 0 saturated heterocycles. The molecule has 1 rings (SSSR count). The first-order chi connectivity index (χ1) is 10.1. The SMILES string of the molecule is COC(=O)CCc1ccc(NC(=O)[C@@H](N)CCSC)cc1.Cl. The fraction of sp³-hybridized carbons (Fsp3) is 0.467. The molecule has 3 N–H and O–H groups in total. The van der Waals surface area contributed by atoms with Gasteiger partial charge in [-0.15, -0.1) is 12.4 Å². The summed E-state index contributed by atoms with van der Waals surface area (Å²) in [6.45, 7) is 0. The summed E-state index contributed by atoms with van der Waals surface area (Å²) in [7, 11) is 1.38. The van der Waals surface area contributed by atoms with Gasteiger partial charge in [-0.2, -0.15) is 11.8 Å². The van der Waals surface area contributed by atoms with Crippen molar-refractivity contribution in [1.29, 1.82) is 0 Å². The number of thioether (sulfide) groups is 1. The van der Waals surface area contributed by atoms with E-state index in [1.165, 1.54) is 7.11 Å². The number of ether oxygens (including phenoxy) is 1. The maximum absolute atomic E-state index is 11.9. The largest absolute Gasteiger partial charge is 0.469 e. The highest BCUT2D eigenvalue weighted by Crippen LogP contribution is 2.12. The van der Waals surface area contributed by atoms with Crippen LogP contribution in [0.4, 0.5) is 5.69 Å². The van der Waals surface area contributed by atoms with E-state index < -0.39 is 6.04 Å². The minimum absolute atomic E-state index is 0. The van der Waals surface area contributed by atoms with E-state index in [0.717, 1.165) is 11.3 Å². The number of esters is 1. The van der Waals surface area contributed by atoms with Gasteiger partial charge < -0.3 is 15.8 Å². The predicted octanol–water partition coefficient (Wildman–Crippen LogP) is 2.23. The van der Waals surface area contributed by atoms with Gasteiger partial charge in [-0.05, 0) is 42.5 Å². The quantitative estimate of drug-likeness (QED) is 0.705. The Hall–Kier alpha value is -1.24. The van der Waals surface area contributed by atoms with Crippen LogP contribution in [0.25, 0.3) is 0 Å². The van der Waals surface area contributed by atoms with Gasteiger partial charge in [-0.1, -0.05) is 12.1 Å². The number of rotatable bonds is 8. The van der Waals surface area contributed by atoms with Gasteiger partial charge in [0.05, 0.1) is 13.2 Å². The number of methoxy groups -OCH3 is 1. The van der Waals surface area contributed by atoms with Crippen molar-refractivity contribution in [2.75, 3.05) is 24.4 Å². The number of aryl methyl sites for hydroxylation is 1. The number of nitrogens with one attached hydrogen (secondary N) is 1. The van der Waals surface area contributed by atoms with E-state index in [-0.39, 0.29) is 24.3 Å². The highest BCUT2D eigenvalue weighted by Gasteiger charge is 2.12. The Morgan fingerprint density at radius 2 is 1.95 bits per heavy atom. The van der Waals surface area contributed by atoms with Crippen molar-refractivity contribution in [1.82, 2.24) is 0 Å². The van der Waals surface area contributed by atoms with Crippen LogP contribution < -0.4 is 11.1 Å². The molecule has 0 aliphatic carbocycles. The maximum atomic E-state index is 11.9. The predicted molar refractivity (Wildman–Crippen MR) is 93.6 cm³/mol. The molecule has 0 saturated carbocycles. The number of halogens is 1. The van der Waals surface area contributed by atoms with Crippen LogP contribution in [0.2, 0.25) is 0 Å². The van der Waals surface area contributed by atoms with Crippen molar-refractivity contribution in [2.24, 2.45) is 5.73 Å². The Bertz CT molecular complexity index is 468. The number of hydrogen-bond acceptors (Lipinski definition) is 5. The standard InChI is InChI=1S/C15H22N2O3S.ClH/c1-20-14(18)8-5-11-3-6-12(7-4-11)17-15(19)13(16)9-10-21-2;/h3-4,6-7,13H,5,8-10,16H2,1-2H3,(H,17,19);1H/t13-;/m0./s1. The third kappa shape index (κ3) is 7.68. The van der Waals surface area contributed by atoms with Gasteiger partial charge in [0, 0.05) is 12.1 Å². The van der Waals surface area contributed by atoms with E-state index in [4.69, 9.17) is 5.73 Å². The van der Waals surface area contributed by atoms with E-state index in [1.54, 1.807) is 11.8 Å². The molecule has 0 fully saturated rings. The second-order valence-electron chi connectivity index (χ2n) is 4.65. The molecule has 0 bridgehead atoms. The van der Waals surface area contributed by atoms with Gasteiger partial charge in [0.2, 0.25) is 5.91 Å². The number of carbonyl (C=O) groups excluding carboxylic acids is 2. The van der Waals surface area contributed by atoms with E-state index in [0.29, 0.717) is 24.9 Å². The number of carbonyl (C=O) groups is 2. The second-order valence-corrected chi connectivity index (χ2v) is 5.64. The number of benzene rings is 1. The van der Waals surface area contributed by atoms with Crippen LogP contribution in [0, 0.1) is 0 Å². The molecule has 124 valence electrons. The maximum Gasteiger partial charge on any atom is 0.305 e. The number of amides is 1. The lowest BCUT2D eigenvalue weighted by atomic mass is 10.1. The molecule has 0 aliphatic heterocycles. The van der Waals surface area contributed by atoms with Crippen LogP contribution in [-0.2, 0) is 20.7 Å². The highest BCUT2D eigenvalue weighted by molar-refractivity contribution is 7.98. The molecule has 22 heavy (non-hydrogen) atoms. The zero-order valence-electron chi connectivity index (χ0n) is 12.8.